The molecule has 0 bridgehead atoms. The Morgan fingerprint density at radius 2 is 1.00 bits per heavy atom. The van der Waals surface area contributed by atoms with Crippen molar-refractivity contribution in [1.82, 2.24) is 0 Å². The molecule has 0 heterocycles. The van der Waals surface area contributed by atoms with Crippen LogP contribution >= 0.6 is 38.5 Å². The van der Waals surface area contributed by atoms with Crippen molar-refractivity contribution in [1.29, 1.82) is 0 Å². The van der Waals surface area contributed by atoms with Gasteiger partial charge >= 0.3 is 0 Å². The largest absolute Gasteiger partial charge is 0.384 e. The Bertz CT molecular complexity index is 1140. The molecule has 0 saturated carbocycles. The third-order valence-corrected chi connectivity index (χ3v) is 7.99. The van der Waals surface area contributed by atoms with Gasteiger partial charge in [-0.25, -0.2) is 0 Å². The molecule has 0 amide bonds. The number of benzene rings is 4. The van der Waals surface area contributed by atoms with Crippen LogP contribution in [-0.4, -0.2) is 10.2 Å². The second-order valence-electron chi connectivity index (χ2n) is 7.46. The Balaban J connectivity index is 1.78. The minimum absolute atomic E-state index is 0.744. The first-order valence-corrected chi connectivity index (χ1v) is 11.6. The van der Waals surface area contributed by atoms with Crippen LogP contribution in [0.1, 0.15) is 34.5 Å². The van der Waals surface area contributed by atoms with E-state index in [2.05, 4.69) is 62.8 Å². The topological polar surface area (TPSA) is 40.5 Å². The summed E-state index contributed by atoms with van der Waals surface area (Å²) in [5.41, 5.74) is 7.26. The Hall–Kier alpha value is -1.99. The van der Waals surface area contributed by atoms with Gasteiger partial charge in [0.05, 0.1) is 0 Å². The first kappa shape index (κ1) is 19.9. The molecule has 30 heavy (non-hydrogen) atoms. The van der Waals surface area contributed by atoms with Crippen LogP contribution in [-0.2, 0) is 0 Å². The summed E-state index contributed by atoms with van der Waals surface area (Å²) in [6.45, 7) is 0. The normalized spacial score (nSPS) is 17.3. The molecule has 4 aromatic rings. The number of hydrogen-bond donors (Lipinski definition) is 2. The van der Waals surface area contributed by atoms with Gasteiger partial charge in [-0.1, -0.05) is 60.7 Å². The fourth-order valence-electron chi connectivity index (χ4n) is 4.21. The van der Waals surface area contributed by atoms with Crippen molar-refractivity contribution in [2.75, 3.05) is 0 Å². The highest BCUT2D eigenvalue weighted by Gasteiger charge is 2.32. The molecule has 0 aromatic heterocycles. The van der Waals surface area contributed by atoms with Crippen LogP contribution in [0.5, 0.6) is 0 Å². The maximum atomic E-state index is 11.2. The van der Waals surface area contributed by atoms with Crippen LogP contribution in [0.15, 0.2) is 89.4 Å². The molecule has 0 spiro atoms. The molecule has 1 aliphatic carbocycles. The second kappa shape index (κ2) is 7.93. The molecular weight excluding hydrogens is 551 g/mol. The lowest BCUT2D eigenvalue weighted by Crippen LogP contribution is -2.19. The Morgan fingerprint density at radius 1 is 0.600 bits per heavy atom. The van der Waals surface area contributed by atoms with E-state index in [0.717, 1.165) is 52.6 Å². The van der Waals surface area contributed by atoms with Gasteiger partial charge in [0.25, 0.3) is 0 Å². The quantitative estimate of drug-likeness (QED) is 0.259. The number of halogens is 2. The predicted octanol–water partition coefficient (Wildman–Crippen LogP) is 6.86. The Labute approximate surface area is 197 Å². The second-order valence-corrected chi connectivity index (χ2v) is 9.48. The van der Waals surface area contributed by atoms with Crippen LogP contribution in [0, 0.1) is 3.57 Å². The van der Waals surface area contributed by atoms with Gasteiger partial charge in [0.1, 0.15) is 12.2 Å². The molecule has 0 fully saturated rings. The summed E-state index contributed by atoms with van der Waals surface area (Å²) < 4.78 is 1.92. The van der Waals surface area contributed by atoms with Gasteiger partial charge in [-0.3, -0.25) is 0 Å². The number of aliphatic hydroxyl groups is 2. The number of rotatable bonds is 2. The number of hydrogen-bond acceptors (Lipinski definition) is 2. The average molecular weight is 569 g/mol. The van der Waals surface area contributed by atoms with Crippen molar-refractivity contribution in [3.05, 3.63) is 115 Å². The van der Waals surface area contributed by atoms with E-state index in [1.807, 2.05) is 60.7 Å². The van der Waals surface area contributed by atoms with Crippen LogP contribution in [0.25, 0.3) is 22.3 Å². The zero-order valence-corrected chi connectivity index (χ0v) is 19.6. The van der Waals surface area contributed by atoms with Crippen molar-refractivity contribution < 1.29 is 10.2 Å². The molecule has 0 aliphatic heterocycles. The van der Waals surface area contributed by atoms with Crippen molar-refractivity contribution >= 4 is 38.5 Å². The lowest BCUT2D eigenvalue weighted by Gasteiger charge is -2.31. The van der Waals surface area contributed by atoms with E-state index >= 15 is 0 Å². The molecule has 0 saturated heterocycles. The van der Waals surface area contributed by atoms with Crippen LogP contribution in [0.4, 0.5) is 0 Å². The molecule has 4 heteroatoms. The summed E-state index contributed by atoms with van der Waals surface area (Å²) in [6.07, 6.45) is -1.58. The highest BCUT2D eigenvalue weighted by atomic mass is 127. The predicted molar refractivity (Wildman–Crippen MR) is 132 cm³/mol. The van der Waals surface area contributed by atoms with Gasteiger partial charge in [0, 0.05) is 8.04 Å². The van der Waals surface area contributed by atoms with E-state index < -0.39 is 12.2 Å². The maximum Gasteiger partial charge on any atom is 0.105 e. The maximum absolute atomic E-state index is 11.2. The van der Waals surface area contributed by atoms with Crippen molar-refractivity contribution in [3.63, 3.8) is 0 Å². The lowest BCUT2D eigenvalue weighted by atomic mass is 9.78. The molecular formula is C26H18BrIO2. The molecule has 1 aliphatic rings. The number of fused-ring (bicyclic) bond motifs is 2. The molecule has 4 aromatic carbocycles. The van der Waals surface area contributed by atoms with Crippen LogP contribution in [0.2, 0.25) is 0 Å². The van der Waals surface area contributed by atoms with E-state index in [-0.39, 0.29) is 0 Å². The van der Waals surface area contributed by atoms with Gasteiger partial charge in [-0.15, -0.1) is 0 Å². The van der Waals surface area contributed by atoms with Gasteiger partial charge in [0.15, 0.2) is 0 Å². The molecule has 2 nitrogen and oxygen atoms in total. The molecule has 5 rings (SSSR count). The average Bonchev–Trinajstić information content (AvgIpc) is 2.79. The highest BCUT2D eigenvalue weighted by molar-refractivity contribution is 14.1. The Morgan fingerprint density at radius 3 is 1.47 bits per heavy atom. The summed E-state index contributed by atoms with van der Waals surface area (Å²) in [7, 11) is 0. The molecule has 2 unspecified atom stereocenters. The monoisotopic (exact) mass is 568 g/mol. The van der Waals surface area contributed by atoms with Gasteiger partial charge in [-0.2, -0.15) is 0 Å². The van der Waals surface area contributed by atoms with E-state index in [4.69, 9.17) is 0 Å². The fourth-order valence-corrected chi connectivity index (χ4v) is 5.06. The van der Waals surface area contributed by atoms with Gasteiger partial charge < -0.3 is 10.2 Å². The third-order valence-electron chi connectivity index (χ3n) is 5.70. The summed E-state index contributed by atoms with van der Waals surface area (Å²) in [4.78, 5) is 0. The van der Waals surface area contributed by atoms with Crippen LogP contribution in [0.3, 0.4) is 0 Å². The molecule has 2 N–H and O–H groups in total. The smallest absolute Gasteiger partial charge is 0.105 e. The zero-order valence-electron chi connectivity index (χ0n) is 15.9. The molecule has 0 radical (unpaired) electrons. The lowest BCUT2D eigenvalue weighted by molar-refractivity contribution is 0.173. The SMILES string of the molecule is OC1c2cc(Br)c(I)cc2C(O)c2cc(-c3ccccc3)c(-c3ccccc3)cc21. The van der Waals surface area contributed by atoms with Gasteiger partial charge in [0.2, 0.25) is 0 Å². The molecule has 2 atom stereocenters. The minimum atomic E-state index is -0.793. The van der Waals surface area contributed by atoms with Crippen molar-refractivity contribution in [3.8, 4) is 22.3 Å². The summed E-state index contributed by atoms with van der Waals surface area (Å²) in [5, 5.41) is 22.5. The summed E-state index contributed by atoms with van der Waals surface area (Å²) in [6, 6.07) is 28.3. The molecule has 148 valence electrons. The van der Waals surface area contributed by atoms with E-state index in [1.165, 1.54) is 0 Å². The van der Waals surface area contributed by atoms with Crippen molar-refractivity contribution in [2.24, 2.45) is 0 Å². The van der Waals surface area contributed by atoms with E-state index in [1.54, 1.807) is 0 Å². The fraction of sp³-hybridized carbons (Fsp3) is 0.0769. The zero-order chi connectivity index (χ0) is 20.8. The standard InChI is InChI=1S/C26H18BrIO2/c27-23-13-21-22(14-24(23)28)26(30)20-12-18(16-9-5-2-6-10-16)17(11-19(20)25(21)29)15-7-3-1-4-8-15/h1-14,25-26,29-30H. The summed E-state index contributed by atoms with van der Waals surface area (Å²) >= 11 is 5.79. The van der Waals surface area contributed by atoms with E-state index in [9.17, 15) is 10.2 Å². The number of aliphatic hydroxyl groups excluding tert-OH is 2. The minimum Gasteiger partial charge on any atom is -0.384 e. The Kier molecular flexibility index (Phi) is 5.27. The first-order chi connectivity index (χ1) is 14.5. The van der Waals surface area contributed by atoms with Crippen molar-refractivity contribution in [2.45, 2.75) is 12.2 Å². The van der Waals surface area contributed by atoms with Crippen LogP contribution < -0.4 is 0 Å². The highest BCUT2D eigenvalue weighted by Crippen LogP contribution is 2.46. The first-order valence-electron chi connectivity index (χ1n) is 9.68. The third kappa shape index (κ3) is 3.32. The van der Waals surface area contributed by atoms with E-state index in [0.29, 0.717) is 0 Å². The van der Waals surface area contributed by atoms with Gasteiger partial charge in [-0.05, 0) is 107 Å². The summed E-state index contributed by atoms with van der Waals surface area (Å²) in [5.74, 6) is 0.